The maximum absolute atomic E-state index is 13.8. The third-order valence-electron chi connectivity index (χ3n) is 6.24. The molecule has 6 rings (SSSR count). The van der Waals surface area contributed by atoms with E-state index < -0.39 is 11.4 Å². The summed E-state index contributed by atoms with van der Waals surface area (Å²) in [6.07, 6.45) is 0. The fraction of sp³-hybridized carbons (Fsp3) is 0.0741. The van der Waals surface area contributed by atoms with Gasteiger partial charge in [0.25, 0.3) is 0 Å². The average Bonchev–Trinajstić information content (AvgIpc) is 3.13. The standard InChI is InChI=1S/C27H17ClFNO3/c1-15-22(13-12-21(29)25(15)28)30-16-10-11-20-24(14-16)32-23-9-5-4-8-19(23)27(20)18-7-3-2-6-17(18)26(31)33-27/h2-14,30H,1H3. The Bertz CT molecular complexity index is 1470. The van der Waals surface area contributed by atoms with Crippen LogP contribution in [0.4, 0.5) is 15.8 Å². The lowest BCUT2D eigenvalue weighted by atomic mass is 9.77. The predicted molar refractivity (Wildman–Crippen MR) is 124 cm³/mol. The lowest BCUT2D eigenvalue weighted by Crippen LogP contribution is -2.32. The molecule has 4 nitrogen and oxygen atoms in total. The Morgan fingerprint density at radius 2 is 1.61 bits per heavy atom. The Morgan fingerprint density at radius 3 is 2.45 bits per heavy atom. The molecule has 6 heteroatoms. The third-order valence-corrected chi connectivity index (χ3v) is 6.70. The SMILES string of the molecule is Cc1c(Nc2ccc3c(c2)Oc2ccccc2C32OC(=O)c3ccccc32)ccc(F)c1Cl. The summed E-state index contributed by atoms with van der Waals surface area (Å²) in [5.74, 6) is 0.350. The van der Waals surface area contributed by atoms with Crippen molar-refractivity contribution in [2.24, 2.45) is 0 Å². The molecule has 0 bridgehead atoms. The van der Waals surface area contributed by atoms with E-state index in [1.807, 2.05) is 60.7 Å². The zero-order chi connectivity index (χ0) is 22.7. The Morgan fingerprint density at radius 1 is 0.879 bits per heavy atom. The molecule has 0 fully saturated rings. The van der Waals surface area contributed by atoms with Gasteiger partial charge in [0.05, 0.1) is 10.6 Å². The van der Waals surface area contributed by atoms with Gasteiger partial charge < -0.3 is 14.8 Å². The van der Waals surface area contributed by atoms with Crippen LogP contribution in [-0.4, -0.2) is 5.97 Å². The summed E-state index contributed by atoms with van der Waals surface area (Å²) in [6, 6.07) is 23.6. The number of hydrogen-bond donors (Lipinski definition) is 1. The quantitative estimate of drug-likeness (QED) is 0.326. The molecule has 33 heavy (non-hydrogen) atoms. The molecule has 0 radical (unpaired) electrons. The van der Waals surface area contributed by atoms with Gasteiger partial charge in [-0.3, -0.25) is 0 Å². The molecule has 4 aromatic rings. The second kappa shape index (κ2) is 7.09. The summed E-state index contributed by atoms with van der Waals surface area (Å²) in [7, 11) is 0. The second-order valence-electron chi connectivity index (χ2n) is 8.08. The highest BCUT2D eigenvalue weighted by Crippen LogP contribution is 2.56. The third kappa shape index (κ3) is 2.79. The maximum atomic E-state index is 13.8. The van der Waals surface area contributed by atoms with E-state index in [1.165, 1.54) is 6.07 Å². The smallest absolute Gasteiger partial charge is 0.340 e. The molecule has 0 amide bonds. The van der Waals surface area contributed by atoms with Crippen molar-refractivity contribution in [2.75, 3.05) is 5.32 Å². The van der Waals surface area contributed by atoms with Crippen molar-refractivity contribution in [2.45, 2.75) is 12.5 Å². The highest BCUT2D eigenvalue weighted by Gasteiger charge is 2.53. The van der Waals surface area contributed by atoms with E-state index in [0.29, 0.717) is 28.3 Å². The van der Waals surface area contributed by atoms with E-state index in [0.717, 1.165) is 22.4 Å². The molecule has 0 aromatic heterocycles. The first-order valence-electron chi connectivity index (χ1n) is 10.5. The zero-order valence-corrected chi connectivity index (χ0v) is 18.2. The molecular formula is C27H17ClFNO3. The molecule has 0 saturated carbocycles. The predicted octanol–water partition coefficient (Wildman–Crippen LogP) is 7.10. The highest BCUT2D eigenvalue weighted by molar-refractivity contribution is 6.31. The molecule has 1 atom stereocenters. The number of halogens is 2. The average molecular weight is 458 g/mol. The van der Waals surface area contributed by atoms with Crippen molar-refractivity contribution in [1.82, 2.24) is 0 Å². The molecule has 4 aromatic carbocycles. The van der Waals surface area contributed by atoms with Crippen LogP contribution in [0.15, 0.2) is 78.9 Å². The molecule has 1 spiro atoms. The number of benzene rings is 4. The van der Waals surface area contributed by atoms with Gasteiger partial charge >= 0.3 is 5.97 Å². The van der Waals surface area contributed by atoms with Gasteiger partial charge in [0.15, 0.2) is 5.60 Å². The van der Waals surface area contributed by atoms with Crippen LogP contribution in [0.25, 0.3) is 0 Å². The van der Waals surface area contributed by atoms with Crippen LogP contribution in [0.2, 0.25) is 5.02 Å². The van der Waals surface area contributed by atoms with Crippen LogP contribution in [0, 0.1) is 12.7 Å². The number of esters is 1. The Labute approximate surface area is 194 Å². The number of carbonyl (C=O) groups is 1. The van der Waals surface area contributed by atoms with Gasteiger partial charge in [-0.25, -0.2) is 9.18 Å². The van der Waals surface area contributed by atoms with Crippen LogP contribution >= 0.6 is 11.6 Å². The van der Waals surface area contributed by atoms with E-state index in [1.54, 1.807) is 19.1 Å². The highest BCUT2D eigenvalue weighted by atomic mass is 35.5. The minimum absolute atomic E-state index is 0.0802. The van der Waals surface area contributed by atoms with Gasteiger partial charge in [0.1, 0.15) is 17.3 Å². The second-order valence-corrected chi connectivity index (χ2v) is 8.46. The Kier molecular flexibility index (Phi) is 4.26. The van der Waals surface area contributed by atoms with Crippen molar-refractivity contribution in [3.8, 4) is 11.5 Å². The number of nitrogens with one attached hydrogen (secondary N) is 1. The molecular weight excluding hydrogens is 441 g/mol. The lowest BCUT2D eigenvalue weighted by molar-refractivity contribution is 0.0224. The number of ether oxygens (including phenoxy) is 2. The number of carbonyl (C=O) groups excluding carboxylic acids is 1. The lowest BCUT2D eigenvalue weighted by Gasteiger charge is -2.36. The summed E-state index contributed by atoms with van der Waals surface area (Å²) in [5.41, 5.74) is 3.77. The van der Waals surface area contributed by atoms with Gasteiger partial charge in [-0.05, 0) is 48.9 Å². The van der Waals surface area contributed by atoms with E-state index in [-0.39, 0.29) is 11.0 Å². The molecule has 2 aliphatic rings. The van der Waals surface area contributed by atoms with Crippen LogP contribution in [0.3, 0.4) is 0 Å². The van der Waals surface area contributed by atoms with E-state index in [4.69, 9.17) is 21.1 Å². The summed E-state index contributed by atoms with van der Waals surface area (Å²) < 4.78 is 26.1. The summed E-state index contributed by atoms with van der Waals surface area (Å²) in [4.78, 5) is 12.8. The van der Waals surface area contributed by atoms with Crippen molar-refractivity contribution in [1.29, 1.82) is 0 Å². The molecule has 162 valence electrons. The van der Waals surface area contributed by atoms with Gasteiger partial charge in [-0.2, -0.15) is 0 Å². The summed E-state index contributed by atoms with van der Waals surface area (Å²) >= 11 is 6.08. The van der Waals surface area contributed by atoms with E-state index in [2.05, 4.69) is 5.32 Å². The molecule has 2 heterocycles. The minimum atomic E-state index is -1.09. The number of fused-ring (bicyclic) bond motifs is 6. The molecule has 0 saturated heterocycles. The van der Waals surface area contributed by atoms with Crippen LogP contribution in [0.5, 0.6) is 11.5 Å². The monoisotopic (exact) mass is 457 g/mol. The molecule has 1 N–H and O–H groups in total. The number of rotatable bonds is 2. The number of para-hydroxylation sites is 1. The van der Waals surface area contributed by atoms with Gasteiger partial charge in [0, 0.05) is 34.1 Å². The number of hydrogen-bond acceptors (Lipinski definition) is 4. The minimum Gasteiger partial charge on any atom is -0.456 e. The fourth-order valence-electron chi connectivity index (χ4n) is 4.65. The van der Waals surface area contributed by atoms with Crippen molar-refractivity contribution in [3.63, 3.8) is 0 Å². The first-order valence-corrected chi connectivity index (χ1v) is 10.8. The number of anilines is 2. The molecule has 1 unspecified atom stereocenters. The zero-order valence-electron chi connectivity index (χ0n) is 17.5. The largest absolute Gasteiger partial charge is 0.456 e. The fourth-order valence-corrected chi connectivity index (χ4v) is 4.81. The van der Waals surface area contributed by atoms with Gasteiger partial charge in [-0.15, -0.1) is 0 Å². The Balaban J connectivity index is 1.51. The van der Waals surface area contributed by atoms with Gasteiger partial charge in [0.2, 0.25) is 0 Å². The van der Waals surface area contributed by atoms with Gasteiger partial charge in [-0.1, -0.05) is 48.0 Å². The first-order chi connectivity index (χ1) is 16.0. The molecule has 2 aliphatic heterocycles. The van der Waals surface area contributed by atoms with Crippen molar-refractivity contribution >= 4 is 28.9 Å². The Hall–Kier alpha value is -3.83. The van der Waals surface area contributed by atoms with Crippen LogP contribution in [0.1, 0.15) is 32.6 Å². The van der Waals surface area contributed by atoms with E-state index >= 15 is 0 Å². The maximum Gasteiger partial charge on any atom is 0.340 e. The summed E-state index contributed by atoms with van der Waals surface area (Å²) in [6.45, 7) is 1.75. The van der Waals surface area contributed by atoms with Crippen molar-refractivity contribution in [3.05, 3.63) is 118 Å². The van der Waals surface area contributed by atoms with Crippen LogP contribution < -0.4 is 10.1 Å². The van der Waals surface area contributed by atoms with Crippen molar-refractivity contribution < 1.29 is 18.7 Å². The normalized spacial score (nSPS) is 17.6. The summed E-state index contributed by atoms with van der Waals surface area (Å²) in [5, 5.41) is 3.36. The van der Waals surface area contributed by atoms with Crippen LogP contribution in [-0.2, 0) is 10.3 Å². The topological polar surface area (TPSA) is 47.6 Å². The molecule has 0 aliphatic carbocycles. The first kappa shape index (κ1) is 19.8. The van der Waals surface area contributed by atoms with E-state index in [9.17, 15) is 9.18 Å².